The molecule has 0 fully saturated rings. The molecule has 0 N–H and O–H groups in total. The first-order valence-corrected chi connectivity index (χ1v) is 17.9. The number of aromatic nitrogens is 1. The number of hydrogen-bond acceptors (Lipinski definition) is 2. The van der Waals surface area contributed by atoms with Crippen molar-refractivity contribution >= 4 is 40.4 Å². The molecule has 0 atom stereocenters. The van der Waals surface area contributed by atoms with Crippen molar-refractivity contribution in [3.8, 4) is 11.3 Å². The first-order chi connectivity index (χ1) is 26.2. The van der Waals surface area contributed by atoms with Gasteiger partial charge in [-0.15, -0.1) is 0 Å². The van der Waals surface area contributed by atoms with Crippen LogP contribution in [0.25, 0.3) is 34.6 Å². The second-order valence-electron chi connectivity index (χ2n) is 12.9. The SMILES string of the molecule is C[n+]1ccc(/C=C/c2ccc(-c3ccc(N(c4ccccc4)c4ccc(C(=C(c5ccccc5)c5ccccc5)c5ccccc5)cc4)cc3)o2)cc1. The van der Waals surface area contributed by atoms with Gasteiger partial charge in [0.05, 0.1) is 0 Å². The molecule has 3 heteroatoms. The molecule has 3 nitrogen and oxygen atoms in total. The zero-order chi connectivity index (χ0) is 35.8. The molecule has 0 saturated heterocycles. The molecule has 254 valence electrons. The minimum Gasteiger partial charge on any atom is -0.457 e. The van der Waals surface area contributed by atoms with Gasteiger partial charge in [-0.2, -0.15) is 0 Å². The van der Waals surface area contributed by atoms with E-state index in [1.807, 2.05) is 42.2 Å². The molecular weight excluding hydrogens is 645 g/mol. The van der Waals surface area contributed by atoms with Gasteiger partial charge in [-0.05, 0) is 106 Å². The van der Waals surface area contributed by atoms with Gasteiger partial charge in [0, 0.05) is 34.8 Å². The number of benzene rings is 6. The summed E-state index contributed by atoms with van der Waals surface area (Å²) in [5.74, 6) is 1.65. The maximum Gasteiger partial charge on any atom is 0.169 e. The van der Waals surface area contributed by atoms with Gasteiger partial charge in [-0.1, -0.05) is 127 Å². The summed E-state index contributed by atoms with van der Waals surface area (Å²) in [4.78, 5) is 2.30. The van der Waals surface area contributed by atoms with Crippen LogP contribution in [0.5, 0.6) is 0 Å². The predicted molar refractivity (Wildman–Crippen MR) is 220 cm³/mol. The van der Waals surface area contributed by atoms with Crippen molar-refractivity contribution in [3.63, 3.8) is 0 Å². The van der Waals surface area contributed by atoms with Gasteiger partial charge in [0.25, 0.3) is 0 Å². The van der Waals surface area contributed by atoms with E-state index in [-0.39, 0.29) is 0 Å². The third-order valence-electron chi connectivity index (χ3n) is 9.35. The summed E-state index contributed by atoms with van der Waals surface area (Å²) in [6, 6.07) is 68.4. The zero-order valence-corrected chi connectivity index (χ0v) is 29.6. The largest absolute Gasteiger partial charge is 0.457 e. The number of rotatable bonds is 10. The molecule has 0 spiro atoms. The van der Waals surface area contributed by atoms with Gasteiger partial charge in [0.1, 0.15) is 18.6 Å². The quantitative estimate of drug-likeness (QED) is 0.106. The molecule has 2 heterocycles. The number of furan rings is 1. The lowest BCUT2D eigenvalue weighted by molar-refractivity contribution is -0.671. The maximum atomic E-state index is 6.23. The Morgan fingerprint density at radius 2 is 0.868 bits per heavy atom. The van der Waals surface area contributed by atoms with Crippen molar-refractivity contribution in [2.45, 2.75) is 0 Å². The number of para-hydroxylation sites is 1. The highest BCUT2D eigenvalue weighted by Crippen LogP contribution is 2.40. The summed E-state index contributed by atoms with van der Waals surface area (Å²) < 4.78 is 8.25. The average molecular weight is 684 g/mol. The van der Waals surface area contributed by atoms with Gasteiger partial charge in [0.15, 0.2) is 12.4 Å². The van der Waals surface area contributed by atoms with Crippen molar-refractivity contribution in [1.29, 1.82) is 0 Å². The van der Waals surface area contributed by atoms with Crippen LogP contribution in [0.3, 0.4) is 0 Å². The van der Waals surface area contributed by atoms with Gasteiger partial charge in [-0.25, -0.2) is 4.57 Å². The summed E-state index contributed by atoms with van der Waals surface area (Å²) in [6.45, 7) is 0. The topological polar surface area (TPSA) is 20.3 Å². The molecule has 6 aromatic carbocycles. The molecule has 2 aromatic heterocycles. The van der Waals surface area contributed by atoms with E-state index in [4.69, 9.17) is 4.42 Å². The molecule has 0 aliphatic rings. The van der Waals surface area contributed by atoms with E-state index in [1.54, 1.807) is 0 Å². The number of nitrogens with zero attached hydrogens (tertiary/aromatic N) is 2. The normalized spacial score (nSPS) is 11.0. The van der Waals surface area contributed by atoms with Crippen LogP contribution in [0.2, 0.25) is 0 Å². The van der Waals surface area contributed by atoms with Crippen LogP contribution in [-0.4, -0.2) is 0 Å². The molecule has 8 rings (SSSR count). The molecular formula is C50H39N2O+. The van der Waals surface area contributed by atoms with Crippen LogP contribution in [0.4, 0.5) is 17.1 Å². The molecule has 0 aliphatic heterocycles. The van der Waals surface area contributed by atoms with E-state index >= 15 is 0 Å². The number of aryl methyl sites for hydroxylation is 1. The Morgan fingerprint density at radius 1 is 0.434 bits per heavy atom. The molecule has 0 unspecified atom stereocenters. The van der Waals surface area contributed by atoms with Gasteiger partial charge in [-0.3, -0.25) is 0 Å². The highest BCUT2D eigenvalue weighted by molar-refractivity contribution is 6.04. The fourth-order valence-electron chi connectivity index (χ4n) is 6.70. The fourth-order valence-corrected chi connectivity index (χ4v) is 6.70. The minimum absolute atomic E-state index is 0.815. The molecule has 0 saturated carbocycles. The van der Waals surface area contributed by atoms with Gasteiger partial charge in [0.2, 0.25) is 0 Å². The van der Waals surface area contributed by atoms with Crippen LogP contribution in [0, 0.1) is 0 Å². The van der Waals surface area contributed by atoms with Crippen molar-refractivity contribution in [2.24, 2.45) is 7.05 Å². The lowest BCUT2D eigenvalue weighted by Crippen LogP contribution is -2.25. The zero-order valence-electron chi connectivity index (χ0n) is 29.6. The average Bonchev–Trinajstić information content (AvgIpc) is 3.71. The summed E-state index contributed by atoms with van der Waals surface area (Å²) in [6.07, 6.45) is 8.15. The summed E-state index contributed by atoms with van der Waals surface area (Å²) in [7, 11) is 2.02. The monoisotopic (exact) mass is 683 g/mol. The van der Waals surface area contributed by atoms with Crippen LogP contribution in [0.15, 0.2) is 211 Å². The Hall–Kier alpha value is -6.97. The molecule has 53 heavy (non-hydrogen) atoms. The highest BCUT2D eigenvalue weighted by atomic mass is 16.3. The Labute approximate surface area is 311 Å². The summed E-state index contributed by atoms with van der Waals surface area (Å²) in [5, 5.41) is 0. The molecule has 0 amide bonds. The van der Waals surface area contributed by atoms with E-state index in [1.165, 1.54) is 27.8 Å². The van der Waals surface area contributed by atoms with E-state index in [9.17, 15) is 0 Å². The number of pyridine rings is 1. The number of hydrogen-bond donors (Lipinski definition) is 0. The van der Waals surface area contributed by atoms with Crippen molar-refractivity contribution in [1.82, 2.24) is 0 Å². The predicted octanol–water partition coefficient (Wildman–Crippen LogP) is 12.4. The van der Waals surface area contributed by atoms with Crippen molar-refractivity contribution in [3.05, 3.63) is 240 Å². The van der Waals surface area contributed by atoms with E-state index in [2.05, 4.69) is 193 Å². The highest BCUT2D eigenvalue weighted by Gasteiger charge is 2.18. The molecule has 0 radical (unpaired) electrons. The smallest absolute Gasteiger partial charge is 0.169 e. The van der Waals surface area contributed by atoms with Crippen LogP contribution in [0.1, 0.15) is 33.6 Å². The lowest BCUT2D eigenvalue weighted by Gasteiger charge is -2.26. The Kier molecular flexibility index (Phi) is 9.71. The number of anilines is 3. The minimum atomic E-state index is 0.815. The molecule has 8 aromatic rings. The summed E-state index contributed by atoms with van der Waals surface area (Å²) >= 11 is 0. The first-order valence-electron chi connectivity index (χ1n) is 17.9. The fraction of sp³-hybridized carbons (Fsp3) is 0.0200. The van der Waals surface area contributed by atoms with Crippen molar-refractivity contribution in [2.75, 3.05) is 4.90 Å². The van der Waals surface area contributed by atoms with Gasteiger partial charge >= 0.3 is 0 Å². The van der Waals surface area contributed by atoms with Crippen LogP contribution >= 0.6 is 0 Å². The van der Waals surface area contributed by atoms with Crippen LogP contribution < -0.4 is 9.47 Å². The van der Waals surface area contributed by atoms with E-state index in [0.29, 0.717) is 0 Å². The maximum absolute atomic E-state index is 6.23. The second-order valence-corrected chi connectivity index (χ2v) is 12.9. The van der Waals surface area contributed by atoms with E-state index in [0.717, 1.165) is 45.3 Å². The van der Waals surface area contributed by atoms with E-state index < -0.39 is 0 Å². The van der Waals surface area contributed by atoms with Crippen molar-refractivity contribution < 1.29 is 8.98 Å². The van der Waals surface area contributed by atoms with Crippen LogP contribution in [-0.2, 0) is 7.05 Å². The summed E-state index contributed by atoms with van der Waals surface area (Å²) in [5.41, 5.74) is 12.4. The Morgan fingerprint density at radius 3 is 1.38 bits per heavy atom. The Balaban J connectivity index is 1.15. The lowest BCUT2D eigenvalue weighted by atomic mass is 9.86. The second kappa shape index (κ2) is 15.5. The Bertz CT molecular complexity index is 2410. The standard InChI is InChI=1S/C50H39N2O/c1-51-36-34-38(35-37-51)22-31-47-32-33-48(53-47)39-23-27-45(28-24-39)52(44-20-12-5-13-21-44)46-29-25-43(26-30-46)50(42-18-10-4-11-19-42)49(40-14-6-2-7-15-40)41-16-8-3-9-17-41/h2-37H,1H3/q+1. The van der Waals surface area contributed by atoms with Gasteiger partial charge < -0.3 is 9.32 Å². The first kappa shape index (κ1) is 33.2. The molecule has 0 aliphatic carbocycles. The third-order valence-corrected chi connectivity index (χ3v) is 9.35. The molecule has 0 bridgehead atoms. The third kappa shape index (κ3) is 7.56.